The van der Waals surface area contributed by atoms with E-state index in [-0.39, 0.29) is 24.3 Å². The summed E-state index contributed by atoms with van der Waals surface area (Å²) < 4.78 is 10.9. The molecule has 1 N–H and O–H groups in total. The minimum absolute atomic E-state index is 0.00811. The molecule has 0 saturated carbocycles. The maximum absolute atomic E-state index is 12.2. The molecule has 1 fully saturated rings. The standard InChI is InChI=1S/C20H31N3O4/c1-16(2)27-19-6-4-18(5-7-19)21-20(25)8-9-23(17(3)24)11-10-22-12-14-26-15-13-22/h4-7,16H,8-15H2,1-3H3,(H,21,25). The second-order valence-corrected chi connectivity index (χ2v) is 6.95. The van der Waals surface area contributed by atoms with E-state index in [0.717, 1.165) is 44.3 Å². The number of morpholine rings is 1. The Hall–Kier alpha value is -2.12. The zero-order valence-electron chi connectivity index (χ0n) is 16.6. The van der Waals surface area contributed by atoms with E-state index in [1.54, 1.807) is 11.8 Å². The van der Waals surface area contributed by atoms with E-state index in [2.05, 4.69) is 10.2 Å². The maximum Gasteiger partial charge on any atom is 0.226 e. The van der Waals surface area contributed by atoms with E-state index in [9.17, 15) is 9.59 Å². The van der Waals surface area contributed by atoms with Gasteiger partial charge in [0.1, 0.15) is 5.75 Å². The predicted octanol–water partition coefficient (Wildman–Crippen LogP) is 1.98. The maximum atomic E-state index is 12.2. The Morgan fingerprint density at radius 2 is 1.85 bits per heavy atom. The summed E-state index contributed by atoms with van der Waals surface area (Å²) in [5.74, 6) is 0.658. The highest BCUT2D eigenvalue weighted by molar-refractivity contribution is 5.91. The molecule has 1 aliphatic heterocycles. The van der Waals surface area contributed by atoms with Crippen LogP contribution in [0.3, 0.4) is 0 Å². The second kappa shape index (κ2) is 10.9. The van der Waals surface area contributed by atoms with Crippen LogP contribution in [0.4, 0.5) is 5.69 Å². The summed E-state index contributed by atoms with van der Waals surface area (Å²) in [5.41, 5.74) is 0.721. The SMILES string of the molecule is CC(=O)N(CCC(=O)Nc1ccc(OC(C)C)cc1)CCN1CCOCC1. The Kier molecular flexibility index (Phi) is 8.54. The number of benzene rings is 1. The van der Waals surface area contributed by atoms with Crippen LogP contribution in [0.2, 0.25) is 0 Å². The molecule has 7 nitrogen and oxygen atoms in total. The summed E-state index contributed by atoms with van der Waals surface area (Å²) in [6, 6.07) is 7.30. The number of hydrogen-bond acceptors (Lipinski definition) is 5. The number of rotatable bonds is 9. The number of hydrogen-bond donors (Lipinski definition) is 1. The zero-order chi connectivity index (χ0) is 19.6. The lowest BCUT2D eigenvalue weighted by Crippen LogP contribution is -2.43. The van der Waals surface area contributed by atoms with E-state index in [0.29, 0.717) is 13.1 Å². The molecule has 1 aromatic carbocycles. The Morgan fingerprint density at radius 1 is 1.19 bits per heavy atom. The van der Waals surface area contributed by atoms with Crippen molar-refractivity contribution in [2.75, 3.05) is 51.3 Å². The number of nitrogens with zero attached hydrogens (tertiary/aromatic N) is 2. The first-order chi connectivity index (χ1) is 12.9. The molecular weight excluding hydrogens is 346 g/mol. The van der Waals surface area contributed by atoms with Gasteiger partial charge in [0.15, 0.2) is 0 Å². The molecule has 0 bridgehead atoms. The molecule has 7 heteroatoms. The van der Waals surface area contributed by atoms with E-state index < -0.39 is 0 Å². The number of carbonyl (C=O) groups excluding carboxylic acids is 2. The van der Waals surface area contributed by atoms with Crippen molar-refractivity contribution in [3.63, 3.8) is 0 Å². The molecular formula is C20H31N3O4. The Balaban J connectivity index is 1.75. The number of nitrogens with one attached hydrogen (secondary N) is 1. The Bertz CT molecular complexity index is 598. The van der Waals surface area contributed by atoms with Crippen molar-refractivity contribution < 1.29 is 19.1 Å². The molecule has 0 atom stereocenters. The average Bonchev–Trinajstić information content (AvgIpc) is 2.63. The third-order valence-corrected chi connectivity index (χ3v) is 4.35. The third kappa shape index (κ3) is 7.97. The van der Waals surface area contributed by atoms with E-state index >= 15 is 0 Å². The van der Waals surface area contributed by atoms with E-state index in [1.807, 2.05) is 38.1 Å². The fourth-order valence-electron chi connectivity index (χ4n) is 2.86. The van der Waals surface area contributed by atoms with Crippen molar-refractivity contribution in [3.8, 4) is 5.75 Å². The van der Waals surface area contributed by atoms with Gasteiger partial charge in [-0.1, -0.05) is 0 Å². The molecule has 1 heterocycles. The van der Waals surface area contributed by atoms with Crippen LogP contribution in [0, 0.1) is 0 Å². The van der Waals surface area contributed by atoms with Crippen LogP contribution in [-0.4, -0.2) is 73.7 Å². The summed E-state index contributed by atoms with van der Waals surface area (Å²) in [6.45, 7) is 10.6. The molecule has 150 valence electrons. The van der Waals surface area contributed by atoms with Crippen molar-refractivity contribution in [2.45, 2.75) is 33.3 Å². The van der Waals surface area contributed by atoms with E-state index in [4.69, 9.17) is 9.47 Å². The minimum Gasteiger partial charge on any atom is -0.491 e. The summed E-state index contributed by atoms with van der Waals surface area (Å²) >= 11 is 0. The highest BCUT2D eigenvalue weighted by Gasteiger charge is 2.15. The first kappa shape index (κ1) is 21.2. The summed E-state index contributed by atoms with van der Waals surface area (Å²) in [6.07, 6.45) is 0.382. The number of amides is 2. The lowest BCUT2D eigenvalue weighted by molar-refractivity contribution is -0.129. The highest BCUT2D eigenvalue weighted by atomic mass is 16.5. The minimum atomic E-state index is -0.106. The van der Waals surface area contributed by atoms with Crippen LogP contribution in [0.5, 0.6) is 5.75 Å². The van der Waals surface area contributed by atoms with Gasteiger partial charge < -0.3 is 19.7 Å². The summed E-state index contributed by atoms with van der Waals surface area (Å²) in [5, 5.41) is 2.86. The number of anilines is 1. The molecule has 0 radical (unpaired) electrons. The van der Waals surface area contributed by atoms with Crippen LogP contribution in [0.15, 0.2) is 24.3 Å². The van der Waals surface area contributed by atoms with Gasteiger partial charge >= 0.3 is 0 Å². The topological polar surface area (TPSA) is 71.1 Å². The van der Waals surface area contributed by atoms with Crippen LogP contribution in [-0.2, 0) is 14.3 Å². The molecule has 2 amide bonds. The van der Waals surface area contributed by atoms with E-state index in [1.165, 1.54) is 0 Å². The second-order valence-electron chi connectivity index (χ2n) is 6.95. The smallest absolute Gasteiger partial charge is 0.226 e. The molecule has 27 heavy (non-hydrogen) atoms. The molecule has 0 spiro atoms. The van der Waals surface area contributed by atoms with Gasteiger partial charge in [0.25, 0.3) is 0 Å². The van der Waals surface area contributed by atoms with Crippen LogP contribution >= 0.6 is 0 Å². The van der Waals surface area contributed by atoms with Crippen molar-refractivity contribution in [1.29, 1.82) is 0 Å². The quantitative estimate of drug-likeness (QED) is 0.713. The van der Waals surface area contributed by atoms with Gasteiger partial charge in [-0.3, -0.25) is 14.5 Å². The monoisotopic (exact) mass is 377 g/mol. The highest BCUT2D eigenvalue weighted by Crippen LogP contribution is 2.17. The third-order valence-electron chi connectivity index (χ3n) is 4.35. The van der Waals surface area contributed by atoms with Crippen LogP contribution < -0.4 is 10.1 Å². The molecule has 1 aromatic rings. The first-order valence-corrected chi connectivity index (χ1v) is 9.56. The van der Waals surface area contributed by atoms with Gasteiger partial charge in [0, 0.05) is 51.8 Å². The van der Waals surface area contributed by atoms with Crippen molar-refractivity contribution in [3.05, 3.63) is 24.3 Å². The Labute approximate surface area is 161 Å². The van der Waals surface area contributed by atoms with Gasteiger partial charge in [-0.25, -0.2) is 0 Å². The number of ether oxygens (including phenoxy) is 2. The molecule has 1 saturated heterocycles. The largest absolute Gasteiger partial charge is 0.491 e. The fraction of sp³-hybridized carbons (Fsp3) is 0.600. The summed E-state index contributed by atoms with van der Waals surface area (Å²) in [4.78, 5) is 28.1. The summed E-state index contributed by atoms with van der Waals surface area (Å²) in [7, 11) is 0. The average molecular weight is 377 g/mol. The zero-order valence-corrected chi connectivity index (χ0v) is 16.6. The predicted molar refractivity (Wildman–Crippen MR) is 105 cm³/mol. The molecule has 0 aromatic heterocycles. The van der Waals surface area contributed by atoms with Crippen molar-refractivity contribution in [1.82, 2.24) is 9.80 Å². The number of carbonyl (C=O) groups is 2. The molecule has 2 rings (SSSR count). The molecule has 0 unspecified atom stereocenters. The lowest BCUT2D eigenvalue weighted by Gasteiger charge is -2.29. The van der Waals surface area contributed by atoms with Gasteiger partial charge in [-0.15, -0.1) is 0 Å². The Morgan fingerprint density at radius 3 is 2.44 bits per heavy atom. The van der Waals surface area contributed by atoms with Crippen molar-refractivity contribution in [2.24, 2.45) is 0 Å². The van der Waals surface area contributed by atoms with Gasteiger partial charge in [-0.05, 0) is 38.1 Å². The normalized spacial score (nSPS) is 14.8. The lowest BCUT2D eigenvalue weighted by atomic mass is 10.2. The van der Waals surface area contributed by atoms with Gasteiger partial charge in [0.05, 0.1) is 19.3 Å². The van der Waals surface area contributed by atoms with Gasteiger partial charge in [-0.2, -0.15) is 0 Å². The molecule has 1 aliphatic rings. The fourth-order valence-corrected chi connectivity index (χ4v) is 2.86. The van der Waals surface area contributed by atoms with Crippen molar-refractivity contribution >= 4 is 17.5 Å². The van der Waals surface area contributed by atoms with Crippen LogP contribution in [0.25, 0.3) is 0 Å². The molecule has 0 aliphatic carbocycles. The first-order valence-electron chi connectivity index (χ1n) is 9.56. The van der Waals surface area contributed by atoms with Gasteiger partial charge in [0.2, 0.25) is 11.8 Å². The van der Waals surface area contributed by atoms with Crippen LogP contribution in [0.1, 0.15) is 27.2 Å².